The lowest BCUT2D eigenvalue weighted by molar-refractivity contribution is 0.475. The molecule has 0 atom stereocenters. The molecule has 0 radical (unpaired) electrons. The van der Waals surface area contributed by atoms with Gasteiger partial charge in [0.25, 0.3) is 0 Å². The van der Waals surface area contributed by atoms with Gasteiger partial charge >= 0.3 is 0 Å². The summed E-state index contributed by atoms with van der Waals surface area (Å²) in [6.07, 6.45) is 0. The summed E-state index contributed by atoms with van der Waals surface area (Å²) in [5, 5.41) is 10.0. The van der Waals surface area contributed by atoms with E-state index in [1.54, 1.807) is 6.07 Å². The molecule has 0 fully saturated rings. The topological polar surface area (TPSA) is 20.2 Å². The Labute approximate surface area is 94.0 Å². The Hall–Kier alpha value is -1.47. The van der Waals surface area contributed by atoms with Crippen LogP contribution in [0, 0.1) is 6.92 Å². The summed E-state index contributed by atoms with van der Waals surface area (Å²) < 4.78 is 0. The predicted molar refractivity (Wildman–Crippen MR) is 63.3 cm³/mol. The second-order valence-electron chi connectivity index (χ2n) is 3.51. The molecule has 0 heterocycles. The highest BCUT2D eigenvalue weighted by Gasteiger charge is 2.03. The van der Waals surface area contributed by atoms with E-state index in [-0.39, 0.29) is 5.75 Å². The molecule has 0 spiro atoms. The summed E-state index contributed by atoms with van der Waals surface area (Å²) in [7, 11) is 0. The van der Waals surface area contributed by atoms with Crippen LogP contribution in [-0.4, -0.2) is 5.11 Å². The number of hydrogen-bond donors (Lipinski definition) is 1. The fraction of sp³-hybridized carbons (Fsp3) is 0.0769. The lowest BCUT2D eigenvalue weighted by Gasteiger charge is -2.06. The molecule has 15 heavy (non-hydrogen) atoms. The van der Waals surface area contributed by atoms with E-state index in [9.17, 15) is 5.11 Å². The van der Waals surface area contributed by atoms with Gasteiger partial charge in [0.15, 0.2) is 0 Å². The summed E-state index contributed by atoms with van der Waals surface area (Å²) in [6, 6.07) is 13.1. The second-order valence-corrected chi connectivity index (χ2v) is 3.95. The van der Waals surface area contributed by atoms with E-state index in [4.69, 9.17) is 11.6 Å². The molecular formula is C13H11ClO. The first-order valence-corrected chi connectivity index (χ1v) is 5.10. The minimum absolute atomic E-state index is 0.195. The molecule has 2 aromatic carbocycles. The van der Waals surface area contributed by atoms with Gasteiger partial charge in [-0.2, -0.15) is 0 Å². The fourth-order valence-corrected chi connectivity index (χ4v) is 1.86. The van der Waals surface area contributed by atoms with E-state index < -0.39 is 0 Å². The van der Waals surface area contributed by atoms with Crippen LogP contribution in [0.25, 0.3) is 11.1 Å². The van der Waals surface area contributed by atoms with Crippen molar-refractivity contribution in [2.24, 2.45) is 0 Å². The van der Waals surface area contributed by atoms with E-state index in [1.807, 2.05) is 37.3 Å². The Balaban J connectivity index is 2.59. The van der Waals surface area contributed by atoms with Crippen LogP contribution in [-0.2, 0) is 0 Å². The standard InChI is InChI=1S/C13H11ClO/c1-9-4-2-3-5-13(9)10-6-11(14)8-12(15)7-10/h2-8,15H,1H3. The number of rotatable bonds is 1. The molecule has 1 N–H and O–H groups in total. The van der Waals surface area contributed by atoms with Gasteiger partial charge in [0.1, 0.15) is 5.75 Å². The first-order chi connectivity index (χ1) is 7.16. The zero-order valence-corrected chi connectivity index (χ0v) is 9.12. The highest BCUT2D eigenvalue weighted by molar-refractivity contribution is 6.31. The van der Waals surface area contributed by atoms with Crippen LogP contribution in [0.15, 0.2) is 42.5 Å². The highest BCUT2D eigenvalue weighted by Crippen LogP contribution is 2.29. The number of aromatic hydroxyl groups is 1. The third-order valence-corrected chi connectivity index (χ3v) is 2.56. The van der Waals surface area contributed by atoms with Crippen LogP contribution in [0.3, 0.4) is 0 Å². The number of hydrogen-bond acceptors (Lipinski definition) is 1. The Morgan fingerprint density at radius 1 is 1.07 bits per heavy atom. The van der Waals surface area contributed by atoms with Crippen molar-refractivity contribution in [3.63, 3.8) is 0 Å². The molecule has 2 rings (SSSR count). The van der Waals surface area contributed by atoms with Gasteiger partial charge in [-0.1, -0.05) is 35.9 Å². The molecule has 0 saturated carbocycles. The van der Waals surface area contributed by atoms with E-state index in [1.165, 1.54) is 11.6 Å². The highest BCUT2D eigenvalue weighted by atomic mass is 35.5. The maximum Gasteiger partial charge on any atom is 0.117 e. The summed E-state index contributed by atoms with van der Waals surface area (Å²) >= 11 is 5.89. The largest absolute Gasteiger partial charge is 0.508 e. The van der Waals surface area contributed by atoms with Crippen LogP contribution in [0.4, 0.5) is 0 Å². The molecule has 1 nitrogen and oxygen atoms in total. The van der Waals surface area contributed by atoms with E-state index in [0.29, 0.717) is 5.02 Å². The van der Waals surface area contributed by atoms with Crippen molar-refractivity contribution in [1.82, 2.24) is 0 Å². The van der Waals surface area contributed by atoms with Gasteiger partial charge in [-0.15, -0.1) is 0 Å². The predicted octanol–water partition coefficient (Wildman–Crippen LogP) is 4.02. The summed E-state index contributed by atoms with van der Waals surface area (Å²) in [5.74, 6) is 0.195. The van der Waals surface area contributed by atoms with Crippen molar-refractivity contribution in [3.8, 4) is 16.9 Å². The normalized spacial score (nSPS) is 10.3. The van der Waals surface area contributed by atoms with Crippen LogP contribution in [0.5, 0.6) is 5.75 Å². The Morgan fingerprint density at radius 2 is 1.80 bits per heavy atom. The van der Waals surface area contributed by atoms with Gasteiger partial charge in [-0.3, -0.25) is 0 Å². The van der Waals surface area contributed by atoms with Crippen LogP contribution in [0.2, 0.25) is 5.02 Å². The maximum atomic E-state index is 9.46. The molecule has 0 aliphatic rings. The van der Waals surface area contributed by atoms with Crippen molar-refractivity contribution in [1.29, 1.82) is 0 Å². The van der Waals surface area contributed by atoms with Crippen LogP contribution in [0.1, 0.15) is 5.56 Å². The van der Waals surface area contributed by atoms with Gasteiger partial charge in [0, 0.05) is 5.02 Å². The molecule has 2 heteroatoms. The molecule has 0 saturated heterocycles. The van der Waals surface area contributed by atoms with Gasteiger partial charge in [-0.25, -0.2) is 0 Å². The molecule has 0 bridgehead atoms. The number of phenols is 1. The molecule has 0 amide bonds. The molecule has 0 aliphatic carbocycles. The van der Waals surface area contributed by atoms with Crippen molar-refractivity contribution in [2.75, 3.05) is 0 Å². The molecular weight excluding hydrogens is 208 g/mol. The summed E-state index contributed by atoms with van der Waals surface area (Å²) in [5.41, 5.74) is 3.20. The average Bonchev–Trinajstić information content (AvgIpc) is 2.16. The van der Waals surface area contributed by atoms with Gasteiger partial charge in [-0.05, 0) is 41.8 Å². The van der Waals surface area contributed by atoms with E-state index >= 15 is 0 Å². The summed E-state index contributed by atoms with van der Waals surface area (Å²) in [4.78, 5) is 0. The Morgan fingerprint density at radius 3 is 2.47 bits per heavy atom. The third kappa shape index (κ3) is 2.13. The third-order valence-electron chi connectivity index (χ3n) is 2.34. The molecule has 2 aromatic rings. The molecule has 0 aliphatic heterocycles. The van der Waals surface area contributed by atoms with Crippen molar-refractivity contribution >= 4 is 11.6 Å². The average molecular weight is 219 g/mol. The first kappa shape index (κ1) is 10.1. The van der Waals surface area contributed by atoms with E-state index in [0.717, 1.165) is 11.1 Å². The zero-order valence-electron chi connectivity index (χ0n) is 8.37. The minimum Gasteiger partial charge on any atom is -0.508 e. The van der Waals surface area contributed by atoms with Crippen LogP contribution >= 0.6 is 11.6 Å². The molecule has 0 aromatic heterocycles. The minimum atomic E-state index is 0.195. The molecule has 0 unspecified atom stereocenters. The zero-order chi connectivity index (χ0) is 10.8. The van der Waals surface area contributed by atoms with Crippen LogP contribution < -0.4 is 0 Å². The number of phenolic OH excluding ortho intramolecular Hbond substituents is 1. The number of aryl methyl sites for hydroxylation is 1. The van der Waals surface area contributed by atoms with E-state index in [2.05, 4.69) is 0 Å². The lowest BCUT2D eigenvalue weighted by Crippen LogP contribution is -1.82. The maximum absolute atomic E-state index is 9.46. The Kier molecular flexibility index (Phi) is 2.65. The summed E-state index contributed by atoms with van der Waals surface area (Å²) in [6.45, 7) is 2.04. The number of halogens is 1. The Bertz CT molecular complexity index is 471. The van der Waals surface area contributed by atoms with Gasteiger partial charge in [0.2, 0.25) is 0 Å². The number of benzene rings is 2. The van der Waals surface area contributed by atoms with Gasteiger partial charge in [0.05, 0.1) is 0 Å². The SMILES string of the molecule is Cc1ccccc1-c1cc(O)cc(Cl)c1. The monoisotopic (exact) mass is 218 g/mol. The first-order valence-electron chi connectivity index (χ1n) is 4.72. The fourth-order valence-electron chi connectivity index (χ4n) is 1.63. The van der Waals surface area contributed by atoms with Gasteiger partial charge < -0.3 is 5.11 Å². The van der Waals surface area contributed by atoms with Crippen molar-refractivity contribution in [2.45, 2.75) is 6.92 Å². The van der Waals surface area contributed by atoms with Crippen molar-refractivity contribution < 1.29 is 5.11 Å². The van der Waals surface area contributed by atoms with Crippen molar-refractivity contribution in [3.05, 3.63) is 53.1 Å². The smallest absolute Gasteiger partial charge is 0.117 e. The molecule has 76 valence electrons. The quantitative estimate of drug-likeness (QED) is 0.767. The lowest BCUT2D eigenvalue weighted by atomic mass is 10.0. The second kappa shape index (κ2) is 3.95.